The Balaban J connectivity index is 0.000000209. The second-order valence-electron chi connectivity index (χ2n) is 10.7. The van der Waals surface area contributed by atoms with Crippen LogP contribution in [0.4, 0.5) is 4.39 Å². The number of benzene rings is 5. The van der Waals surface area contributed by atoms with Crippen LogP contribution in [0.25, 0.3) is 11.1 Å². The highest BCUT2D eigenvalue weighted by molar-refractivity contribution is 6.59. The Kier molecular flexibility index (Phi) is 11.1. The summed E-state index contributed by atoms with van der Waals surface area (Å²) >= 11 is 0. The predicted octanol–water partition coefficient (Wildman–Crippen LogP) is 7.06. The van der Waals surface area contributed by atoms with Gasteiger partial charge in [0.2, 0.25) is 0 Å². The van der Waals surface area contributed by atoms with Crippen LogP contribution in [0.2, 0.25) is 0 Å². The molecule has 0 radical (unpaired) electrons. The van der Waals surface area contributed by atoms with Crippen LogP contribution < -0.4 is 14.9 Å². The van der Waals surface area contributed by atoms with Gasteiger partial charge in [-0.05, 0) is 114 Å². The normalized spacial score (nSPS) is 10.4. The maximum atomic E-state index is 13.6. The molecule has 0 bridgehead atoms. The Morgan fingerprint density at radius 2 is 1.11 bits per heavy atom. The Bertz CT molecular complexity index is 1660. The first kappa shape index (κ1) is 32.2. The molecule has 5 aromatic rings. The number of hydrogen-bond donors (Lipinski definition) is 2. The largest absolute Gasteiger partial charge is 0.489 e. The minimum absolute atomic E-state index is 0.0701. The average Bonchev–Trinajstić information content (AvgIpc) is 3.00. The van der Waals surface area contributed by atoms with E-state index in [1.165, 1.54) is 6.07 Å². The van der Waals surface area contributed by atoms with Gasteiger partial charge >= 0.3 is 7.12 Å². The van der Waals surface area contributed by atoms with E-state index in [4.69, 9.17) is 9.47 Å². The molecule has 7 heteroatoms. The minimum Gasteiger partial charge on any atom is -0.489 e. The first-order valence-corrected chi connectivity index (χ1v) is 14.3. The first-order chi connectivity index (χ1) is 21.2. The second kappa shape index (κ2) is 15.1. The van der Waals surface area contributed by atoms with Crippen LogP contribution >= 0.6 is 0 Å². The SMILES string of the molecule is Cc1cc(OCc2ccccc2)cc(C)c1-c1ccc(F)c(C=O)c1.Cc1cc(OCc2ccccc2)cc(C)c1B(O)O. The van der Waals surface area contributed by atoms with Gasteiger partial charge in [-0.25, -0.2) is 4.39 Å². The Morgan fingerprint density at radius 1 is 0.659 bits per heavy atom. The van der Waals surface area contributed by atoms with Crippen LogP contribution in [0, 0.1) is 33.5 Å². The molecule has 0 heterocycles. The van der Waals surface area contributed by atoms with Crippen molar-refractivity contribution < 1.29 is 28.7 Å². The van der Waals surface area contributed by atoms with Gasteiger partial charge in [0.05, 0.1) is 5.56 Å². The lowest BCUT2D eigenvalue weighted by molar-refractivity contribution is 0.112. The summed E-state index contributed by atoms with van der Waals surface area (Å²) in [5.41, 5.74) is 8.32. The molecule has 0 aliphatic rings. The quantitative estimate of drug-likeness (QED) is 0.142. The molecular formula is C37H36BFO5. The molecule has 5 nitrogen and oxygen atoms in total. The lowest BCUT2D eigenvalue weighted by atomic mass is 9.74. The highest BCUT2D eigenvalue weighted by Crippen LogP contribution is 2.32. The van der Waals surface area contributed by atoms with Crippen LogP contribution in [0.3, 0.4) is 0 Å². The number of carbonyl (C=O) groups excluding carboxylic acids is 1. The number of aryl methyl sites for hydroxylation is 4. The van der Waals surface area contributed by atoms with E-state index < -0.39 is 12.9 Å². The van der Waals surface area contributed by atoms with E-state index in [1.54, 1.807) is 12.1 Å². The van der Waals surface area contributed by atoms with E-state index >= 15 is 0 Å². The van der Waals surface area contributed by atoms with Crippen LogP contribution in [0.15, 0.2) is 103 Å². The predicted molar refractivity (Wildman–Crippen MR) is 174 cm³/mol. The number of hydrogen-bond acceptors (Lipinski definition) is 5. The van der Waals surface area contributed by atoms with Gasteiger partial charge < -0.3 is 19.5 Å². The number of carbonyl (C=O) groups is 1. The summed E-state index contributed by atoms with van der Waals surface area (Å²) in [4.78, 5) is 11.0. The summed E-state index contributed by atoms with van der Waals surface area (Å²) in [6, 6.07) is 32.1. The molecule has 0 fully saturated rings. The molecule has 0 amide bonds. The Labute approximate surface area is 258 Å². The lowest BCUT2D eigenvalue weighted by Crippen LogP contribution is -2.34. The molecule has 0 saturated carbocycles. The standard InChI is InChI=1S/C22H19FO2.C15H17BO3/c1-15-10-20(25-14-17-6-4-3-5-7-17)11-16(2)22(15)18-8-9-21(23)19(12-18)13-24;1-11-8-14(9-12(2)15(11)16(17)18)19-10-13-6-4-3-5-7-13/h3-13H,14H2,1-2H3;3-9,17-18H,10H2,1-2H3. The highest BCUT2D eigenvalue weighted by atomic mass is 19.1. The molecule has 0 aliphatic heterocycles. The molecule has 0 unspecified atom stereocenters. The number of aldehydes is 1. The summed E-state index contributed by atoms with van der Waals surface area (Å²) in [7, 11) is -1.44. The number of rotatable bonds is 9. The summed E-state index contributed by atoms with van der Waals surface area (Å²) in [5.74, 6) is 1.03. The summed E-state index contributed by atoms with van der Waals surface area (Å²) in [6.07, 6.45) is 0.543. The summed E-state index contributed by atoms with van der Waals surface area (Å²) in [6.45, 7) is 8.67. The van der Waals surface area contributed by atoms with Crippen molar-refractivity contribution in [1.29, 1.82) is 0 Å². The topological polar surface area (TPSA) is 76.0 Å². The fraction of sp³-hybridized carbons (Fsp3) is 0.162. The molecule has 5 rings (SSSR count). The van der Waals surface area contributed by atoms with Gasteiger partial charge in [-0.1, -0.05) is 66.7 Å². The fourth-order valence-electron chi connectivity index (χ4n) is 5.16. The van der Waals surface area contributed by atoms with E-state index in [9.17, 15) is 19.2 Å². The summed E-state index contributed by atoms with van der Waals surface area (Å²) in [5, 5.41) is 18.6. The lowest BCUT2D eigenvalue weighted by Gasteiger charge is -2.14. The van der Waals surface area contributed by atoms with Crippen molar-refractivity contribution in [2.45, 2.75) is 40.9 Å². The van der Waals surface area contributed by atoms with Gasteiger partial charge in [0.15, 0.2) is 6.29 Å². The van der Waals surface area contributed by atoms with E-state index in [-0.39, 0.29) is 5.56 Å². The van der Waals surface area contributed by atoms with E-state index in [1.807, 2.05) is 113 Å². The second-order valence-corrected chi connectivity index (χ2v) is 10.7. The molecule has 0 spiro atoms. The van der Waals surface area contributed by atoms with Gasteiger partial charge in [0.25, 0.3) is 0 Å². The third kappa shape index (κ3) is 8.44. The van der Waals surface area contributed by atoms with Gasteiger partial charge in [-0.15, -0.1) is 0 Å². The fourth-order valence-corrected chi connectivity index (χ4v) is 5.16. The smallest absolute Gasteiger partial charge is 0.488 e. The minimum atomic E-state index is -1.44. The van der Waals surface area contributed by atoms with E-state index in [0.29, 0.717) is 25.0 Å². The monoisotopic (exact) mass is 590 g/mol. The van der Waals surface area contributed by atoms with Crippen molar-refractivity contribution in [3.05, 3.63) is 148 Å². The van der Waals surface area contributed by atoms with Gasteiger partial charge in [-0.3, -0.25) is 4.79 Å². The Morgan fingerprint density at radius 3 is 1.55 bits per heavy atom. The maximum Gasteiger partial charge on any atom is 0.488 e. The van der Waals surface area contributed by atoms with Gasteiger partial charge in [-0.2, -0.15) is 0 Å². The molecule has 5 aromatic carbocycles. The molecule has 0 aromatic heterocycles. The van der Waals surface area contributed by atoms with E-state index in [0.717, 1.165) is 56.0 Å². The highest BCUT2D eigenvalue weighted by Gasteiger charge is 2.18. The molecule has 2 N–H and O–H groups in total. The van der Waals surface area contributed by atoms with Crippen molar-refractivity contribution in [2.75, 3.05) is 0 Å². The van der Waals surface area contributed by atoms with Crippen molar-refractivity contribution in [3.8, 4) is 22.6 Å². The summed E-state index contributed by atoms with van der Waals surface area (Å²) < 4.78 is 25.2. The third-order valence-corrected chi connectivity index (χ3v) is 7.24. The molecule has 0 atom stereocenters. The van der Waals surface area contributed by atoms with Crippen LogP contribution in [0.5, 0.6) is 11.5 Å². The van der Waals surface area contributed by atoms with Crippen molar-refractivity contribution in [1.82, 2.24) is 0 Å². The number of halogens is 1. The first-order valence-electron chi connectivity index (χ1n) is 14.3. The Hall–Kier alpha value is -4.72. The van der Waals surface area contributed by atoms with Crippen LogP contribution in [-0.2, 0) is 13.2 Å². The third-order valence-electron chi connectivity index (χ3n) is 7.24. The van der Waals surface area contributed by atoms with Crippen molar-refractivity contribution in [3.63, 3.8) is 0 Å². The molecular weight excluding hydrogens is 554 g/mol. The average molecular weight is 591 g/mol. The van der Waals surface area contributed by atoms with Crippen LogP contribution in [0.1, 0.15) is 43.7 Å². The molecule has 224 valence electrons. The van der Waals surface area contributed by atoms with E-state index in [2.05, 4.69) is 0 Å². The van der Waals surface area contributed by atoms with Crippen LogP contribution in [-0.4, -0.2) is 23.5 Å². The number of ether oxygens (including phenoxy) is 2. The van der Waals surface area contributed by atoms with Crippen molar-refractivity contribution in [2.24, 2.45) is 0 Å². The molecule has 44 heavy (non-hydrogen) atoms. The molecule has 0 saturated heterocycles. The zero-order chi connectivity index (χ0) is 31.6. The van der Waals surface area contributed by atoms with Gasteiger partial charge in [0, 0.05) is 0 Å². The maximum absolute atomic E-state index is 13.6. The zero-order valence-corrected chi connectivity index (χ0v) is 25.4. The molecule has 0 aliphatic carbocycles. The van der Waals surface area contributed by atoms with Crippen molar-refractivity contribution >= 4 is 18.9 Å². The zero-order valence-electron chi connectivity index (χ0n) is 25.4. The van der Waals surface area contributed by atoms with Gasteiger partial charge in [0.1, 0.15) is 30.5 Å².